The molecule has 0 heterocycles. The van der Waals surface area contributed by atoms with Crippen LogP contribution >= 0.6 is 31.9 Å². The van der Waals surface area contributed by atoms with E-state index in [0.29, 0.717) is 10.2 Å². The minimum atomic E-state index is -0.380. The molecule has 2 rings (SSSR count). The first-order valence-corrected chi connectivity index (χ1v) is 7.57. The summed E-state index contributed by atoms with van der Waals surface area (Å²) in [4.78, 5) is 0. The Kier molecular flexibility index (Phi) is 4.83. The van der Waals surface area contributed by atoms with Gasteiger partial charge in [-0.05, 0) is 52.2 Å². The maximum absolute atomic E-state index is 13.6. The summed E-state index contributed by atoms with van der Waals surface area (Å²) in [6.45, 7) is 1.99. The van der Waals surface area contributed by atoms with Gasteiger partial charge in [0.05, 0.1) is 17.6 Å². The average molecular weight is 403 g/mol. The zero-order valence-electron chi connectivity index (χ0n) is 11.1. The maximum Gasteiger partial charge on any atom is 0.141 e. The van der Waals surface area contributed by atoms with Crippen molar-refractivity contribution in [3.05, 3.63) is 61.8 Å². The molecule has 5 heteroatoms. The van der Waals surface area contributed by atoms with Gasteiger partial charge in [0.15, 0.2) is 0 Å². The normalized spacial score (nSPS) is 12.3. The fourth-order valence-corrected chi connectivity index (χ4v) is 2.96. The Labute approximate surface area is 134 Å². The largest absolute Gasteiger partial charge is 0.496 e. The lowest BCUT2D eigenvalue weighted by atomic mass is 9.95. The van der Waals surface area contributed by atoms with Crippen molar-refractivity contribution >= 4 is 31.9 Å². The molecule has 0 saturated heterocycles. The Bertz CT molecular complexity index is 646. The van der Waals surface area contributed by atoms with E-state index in [2.05, 4.69) is 31.9 Å². The van der Waals surface area contributed by atoms with Crippen LogP contribution < -0.4 is 10.5 Å². The number of methoxy groups -OCH3 is 1. The molecule has 0 amide bonds. The molecule has 0 saturated carbocycles. The molecule has 0 aliphatic rings. The highest BCUT2D eigenvalue weighted by atomic mass is 79.9. The van der Waals surface area contributed by atoms with E-state index in [0.717, 1.165) is 21.2 Å². The molecule has 1 unspecified atom stereocenters. The summed E-state index contributed by atoms with van der Waals surface area (Å²) in [5.41, 5.74) is 9.11. The van der Waals surface area contributed by atoms with Gasteiger partial charge in [-0.2, -0.15) is 0 Å². The highest BCUT2D eigenvalue weighted by Gasteiger charge is 2.18. The Morgan fingerprint density at radius 1 is 1.15 bits per heavy atom. The van der Waals surface area contributed by atoms with Crippen LogP contribution in [0.4, 0.5) is 4.39 Å². The summed E-state index contributed by atoms with van der Waals surface area (Å²) in [5.74, 6) is 0.0749. The molecule has 1 atom stereocenters. The van der Waals surface area contributed by atoms with Crippen molar-refractivity contribution in [3.8, 4) is 5.75 Å². The Hall–Kier alpha value is -0.910. The van der Waals surface area contributed by atoms with Gasteiger partial charge in [-0.25, -0.2) is 4.39 Å². The van der Waals surface area contributed by atoms with E-state index >= 15 is 0 Å². The molecule has 2 nitrogen and oxygen atoms in total. The van der Waals surface area contributed by atoms with Crippen LogP contribution in [0.5, 0.6) is 5.75 Å². The van der Waals surface area contributed by atoms with E-state index in [-0.39, 0.29) is 11.9 Å². The van der Waals surface area contributed by atoms with E-state index < -0.39 is 0 Å². The third-order valence-electron chi connectivity index (χ3n) is 3.17. The van der Waals surface area contributed by atoms with Gasteiger partial charge in [0.1, 0.15) is 11.6 Å². The molecule has 2 aromatic rings. The van der Waals surface area contributed by atoms with Crippen molar-refractivity contribution in [2.24, 2.45) is 5.73 Å². The monoisotopic (exact) mass is 401 g/mol. The second-order valence-electron chi connectivity index (χ2n) is 4.49. The standard InChI is InChI=1S/C15H14Br2FNO/c1-8-5-9(16)3-4-10(8)15(19)11-6-12(17)13(18)7-14(11)20-2/h3-7,15H,19H2,1-2H3. The number of aryl methyl sites for hydroxylation is 1. The van der Waals surface area contributed by atoms with E-state index in [9.17, 15) is 4.39 Å². The second-order valence-corrected chi connectivity index (χ2v) is 6.26. The van der Waals surface area contributed by atoms with Crippen LogP contribution in [-0.2, 0) is 0 Å². The van der Waals surface area contributed by atoms with E-state index in [1.807, 2.05) is 25.1 Å². The van der Waals surface area contributed by atoms with E-state index in [1.54, 1.807) is 6.07 Å². The number of hydrogen-bond acceptors (Lipinski definition) is 2. The van der Waals surface area contributed by atoms with Crippen molar-refractivity contribution in [1.82, 2.24) is 0 Å². The molecule has 20 heavy (non-hydrogen) atoms. The summed E-state index contributed by atoms with van der Waals surface area (Å²) in [6, 6.07) is 8.53. The quantitative estimate of drug-likeness (QED) is 0.806. The molecule has 2 aromatic carbocycles. The summed E-state index contributed by atoms with van der Waals surface area (Å²) in [5, 5.41) is 0. The number of nitrogens with two attached hydrogens (primary N) is 1. The number of benzene rings is 2. The van der Waals surface area contributed by atoms with Crippen LogP contribution in [0.15, 0.2) is 39.3 Å². The van der Waals surface area contributed by atoms with Crippen LogP contribution in [0.3, 0.4) is 0 Å². The second kappa shape index (κ2) is 6.24. The van der Waals surface area contributed by atoms with E-state index in [1.165, 1.54) is 13.2 Å². The molecule has 0 spiro atoms. The summed E-state index contributed by atoms with van der Waals surface area (Å²) < 4.78 is 20.2. The van der Waals surface area contributed by atoms with Gasteiger partial charge in [-0.15, -0.1) is 0 Å². The van der Waals surface area contributed by atoms with Gasteiger partial charge in [0, 0.05) is 16.1 Å². The van der Waals surface area contributed by atoms with Crippen molar-refractivity contribution in [1.29, 1.82) is 0 Å². The minimum absolute atomic E-state index is 0.370. The highest BCUT2D eigenvalue weighted by molar-refractivity contribution is 9.10. The van der Waals surface area contributed by atoms with Gasteiger partial charge in [-0.1, -0.05) is 22.0 Å². The zero-order valence-corrected chi connectivity index (χ0v) is 14.3. The topological polar surface area (TPSA) is 35.2 Å². The molecule has 0 bridgehead atoms. The van der Waals surface area contributed by atoms with Crippen molar-refractivity contribution in [2.45, 2.75) is 13.0 Å². The highest BCUT2D eigenvalue weighted by Crippen LogP contribution is 2.34. The lowest BCUT2D eigenvalue weighted by molar-refractivity contribution is 0.404. The predicted molar refractivity (Wildman–Crippen MR) is 85.6 cm³/mol. The van der Waals surface area contributed by atoms with Gasteiger partial charge >= 0.3 is 0 Å². The molecular formula is C15H14Br2FNO. The van der Waals surface area contributed by atoms with Crippen LogP contribution in [0.25, 0.3) is 0 Å². The number of rotatable bonds is 3. The lowest BCUT2D eigenvalue weighted by Gasteiger charge is -2.19. The first kappa shape index (κ1) is 15.5. The van der Waals surface area contributed by atoms with Gasteiger partial charge in [-0.3, -0.25) is 0 Å². The first-order valence-electron chi connectivity index (χ1n) is 5.98. The minimum Gasteiger partial charge on any atom is -0.496 e. The average Bonchev–Trinajstić information content (AvgIpc) is 2.40. The van der Waals surface area contributed by atoms with Crippen LogP contribution in [0, 0.1) is 12.7 Å². The van der Waals surface area contributed by atoms with Crippen LogP contribution in [-0.4, -0.2) is 7.11 Å². The number of ether oxygens (including phenoxy) is 1. The number of hydrogen-bond donors (Lipinski definition) is 1. The predicted octanol–water partition coefficient (Wildman–Crippen LogP) is 4.72. The summed E-state index contributed by atoms with van der Waals surface area (Å²) in [7, 11) is 1.51. The van der Waals surface area contributed by atoms with Crippen molar-refractivity contribution < 1.29 is 9.13 Å². The lowest BCUT2D eigenvalue weighted by Crippen LogP contribution is -2.14. The van der Waals surface area contributed by atoms with Gasteiger partial charge in [0.25, 0.3) is 0 Å². The van der Waals surface area contributed by atoms with Crippen LogP contribution in [0.1, 0.15) is 22.7 Å². The Balaban J connectivity index is 2.52. The van der Waals surface area contributed by atoms with Gasteiger partial charge in [0.2, 0.25) is 0 Å². The summed E-state index contributed by atoms with van der Waals surface area (Å²) in [6.07, 6.45) is 0. The summed E-state index contributed by atoms with van der Waals surface area (Å²) >= 11 is 6.62. The molecule has 0 aliphatic carbocycles. The molecular weight excluding hydrogens is 389 g/mol. The molecule has 0 aliphatic heterocycles. The molecule has 0 radical (unpaired) electrons. The fraction of sp³-hybridized carbons (Fsp3) is 0.200. The molecule has 0 fully saturated rings. The fourth-order valence-electron chi connectivity index (χ4n) is 2.12. The van der Waals surface area contributed by atoms with Crippen LogP contribution in [0.2, 0.25) is 0 Å². The third kappa shape index (κ3) is 3.05. The molecule has 2 N–H and O–H groups in total. The zero-order chi connectivity index (χ0) is 14.9. The van der Waals surface area contributed by atoms with Gasteiger partial charge < -0.3 is 10.5 Å². The molecule has 106 valence electrons. The first-order chi connectivity index (χ1) is 9.43. The SMILES string of the molecule is COc1cc(F)c(Br)cc1C(N)c1ccc(Br)cc1C. The Morgan fingerprint density at radius 2 is 1.85 bits per heavy atom. The molecule has 0 aromatic heterocycles. The maximum atomic E-state index is 13.6. The smallest absolute Gasteiger partial charge is 0.141 e. The van der Waals surface area contributed by atoms with E-state index in [4.69, 9.17) is 10.5 Å². The number of halogens is 3. The van der Waals surface area contributed by atoms with Crippen molar-refractivity contribution in [3.63, 3.8) is 0 Å². The third-order valence-corrected chi connectivity index (χ3v) is 4.28. The Morgan fingerprint density at radius 3 is 2.45 bits per heavy atom. The van der Waals surface area contributed by atoms with Crippen molar-refractivity contribution in [2.75, 3.05) is 7.11 Å².